The summed E-state index contributed by atoms with van der Waals surface area (Å²) in [5.74, 6) is -2.75. The van der Waals surface area contributed by atoms with Crippen LogP contribution in [0.3, 0.4) is 0 Å². The van der Waals surface area contributed by atoms with Crippen LogP contribution >= 0.6 is 11.6 Å². The smallest absolute Gasteiger partial charge is 0.356 e. The van der Waals surface area contributed by atoms with Crippen LogP contribution in [0, 0.1) is 0 Å². The first-order valence-corrected chi connectivity index (χ1v) is 4.50. The van der Waals surface area contributed by atoms with E-state index in [4.69, 9.17) is 21.8 Å². The molecular weight excluding hydrogens is 224 g/mol. The molecular formula is C8H9ClN2O4. The van der Waals surface area contributed by atoms with E-state index in [0.717, 1.165) is 0 Å². The molecule has 15 heavy (non-hydrogen) atoms. The molecule has 0 saturated carbocycles. The molecule has 1 atom stereocenters. The predicted octanol–water partition coefficient (Wildman–Crippen LogP) is 1.34. The molecule has 7 heteroatoms. The monoisotopic (exact) mass is 232 g/mol. The zero-order chi connectivity index (χ0) is 11.6. The molecule has 0 fully saturated rings. The van der Waals surface area contributed by atoms with E-state index in [1.807, 2.05) is 0 Å². The molecule has 0 saturated heterocycles. The third kappa shape index (κ3) is 2.47. The van der Waals surface area contributed by atoms with Crippen LogP contribution in [0.4, 0.5) is 0 Å². The summed E-state index contributed by atoms with van der Waals surface area (Å²) in [5.41, 5.74) is 0.000293. The van der Waals surface area contributed by atoms with Crippen molar-refractivity contribution in [2.75, 3.05) is 0 Å². The molecule has 0 amide bonds. The first-order chi connectivity index (χ1) is 6.93. The minimum atomic E-state index is -1.23. The lowest BCUT2D eigenvalue weighted by molar-refractivity contribution is -0.137. The maximum Gasteiger partial charge on any atom is 0.356 e. The fraction of sp³-hybridized carbons (Fsp3) is 0.375. The molecule has 1 aromatic rings. The SMILES string of the molecule is CC(CC(=O)O)c1c(C(=O)O)n[nH]c1Cl. The van der Waals surface area contributed by atoms with Gasteiger partial charge < -0.3 is 10.2 Å². The standard InChI is InChI=1S/C8H9ClN2O4/c1-3(2-4(12)13)5-6(8(14)15)10-11-7(5)9/h3H,2H2,1H3,(H,10,11)(H,12,13)(H,14,15). The average Bonchev–Trinajstić information content (AvgIpc) is 2.45. The summed E-state index contributed by atoms with van der Waals surface area (Å²) >= 11 is 5.69. The van der Waals surface area contributed by atoms with E-state index >= 15 is 0 Å². The zero-order valence-corrected chi connectivity index (χ0v) is 8.58. The summed E-state index contributed by atoms with van der Waals surface area (Å²) in [4.78, 5) is 21.2. The number of nitrogens with one attached hydrogen (secondary N) is 1. The van der Waals surface area contributed by atoms with Crippen molar-refractivity contribution in [1.29, 1.82) is 0 Å². The lowest BCUT2D eigenvalue weighted by Crippen LogP contribution is -2.08. The first kappa shape index (κ1) is 11.5. The summed E-state index contributed by atoms with van der Waals surface area (Å²) in [5, 5.41) is 23.2. The number of aromatic amines is 1. The lowest BCUT2D eigenvalue weighted by atomic mass is 9.98. The minimum Gasteiger partial charge on any atom is -0.481 e. The number of carboxylic acid groups (broad SMARTS) is 2. The second-order valence-electron chi connectivity index (χ2n) is 3.10. The Kier molecular flexibility index (Phi) is 3.31. The fourth-order valence-corrected chi connectivity index (χ4v) is 1.62. The number of hydrogen-bond donors (Lipinski definition) is 3. The number of aromatic nitrogens is 2. The van der Waals surface area contributed by atoms with Crippen LogP contribution < -0.4 is 0 Å². The topological polar surface area (TPSA) is 103 Å². The second-order valence-corrected chi connectivity index (χ2v) is 3.48. The maximum atomic E-state index is 10.7. The van der Waals surface area contributed by atoms with Crippen LogP contribution in [0.1, 0.15) is 35.3 Å². The molecule has 1 unspecified atom stereocenters. The van der Waals surface area contributed by atoms with Crippen molar-refractivity contribution in [3.8, 4) is 0 Å². The summed E-state index contributed by atoms with van der Waals surface area (Å²) in [7, 11) is 0. The van der Waals surface area contributed by atoms with E-state index in [2.05, 4.69) is 10.2 Å². The number of rotatable bonds is 4. The van der Waals surface area contributed by atoms with Crippen molar-refractivity contribution in [3.05, 3.63) is 16.4 Å². The molecule has 82 valence electrons. The molecule has 1 rings (SSSR count). The molecule has 0 aliphatic heterocycles. The van der Waals surface area contributed by atoms with Gasteiger partial charge in [0.25, 0.3) is 0 Å². The Morgan fingerprint density at radius 3 is 2.60 bits per heavy atom. The molecule has 0 aliphatic rings. The van der Waals surface area contributed by atoms with Crippen molar-refractivity contribution in [2.24, 2.45) is 0 Å². The van der Waals surface area contributed by atoms with Gasteiger partial charge in [0.15, 0.2) is 5.69 Å². The number of hydrogen-bond acceptors (Lipinski definition) is 3. The Morgan fingerprint density at radius 2 is 2.13 bits per heavy atom. The quantitative estimate of drug-likeness (QED) is 0.727. The Balaban J connectivity index is 3.05. The van der Waals surface area contributed by atoms with Crippen molar-refractivity contribution >= 4 is 23.5 Å². The van der Waals surface area contributed by atoms with Gasteiger partial charge in [-0.25, -0.2) is 4.79 Å². The van der Waals surface area contributed by atoms with Gasteiger partial charge in [0.1, 0.15) is 5.15 Å². The van der Waals surface area contributed by atoms with Gasteiger partial charge in [-0.1, -0.05) is 18.5 Å². The molecule has 0 aliphatic carbocycles. The van der Waals surface area contributed by atoms with E-state index in [0.29, 0.717) is 0 Å². The van der Waals surface area contributed by atoms with E-state index in [1.165, 1.54) is 0 Å². The third-order valence-corrected chi connectivity index (χ3v) is 2.22. The normalized spacial score (nSPS) is 12.4. The van der Waals surface area contributed by atoms with Crippen molar-refractivity contribution in [1.82, 2.24) is 10.2 Å². The molecule has 1 heterocycles. The Morgan fingerprint density at radius 1 is 1.53 bits per heavy atom. The highest BCUT2D eigenvalue weighted by Crippen LogP contribution is 2.28. The summed E-state index contributed by atoms with van der Waals surface area (Å²) in [6, 6.07) is 0. The Hall–Kier alpha value is -1.56. The molecule has 0 bridgehead atoms. The molecule has 0 aromatic carbocycles. The summed E-state index contributed by atoms with van der Waals surface area (Å²) < 4.78 is 0. The van der Waals surface area contributed by atoms with Gasteiger partial charge in [0.2, 0.25) is 0 Å². The number of aromatic carboxylic acids is 1. The van der Waals surface area contributed by atoms with Gasteiger partial charge in [-0.2, -0.15) is 5.10 Å². The Bertz CT molecular complexity index is 401. The number of nitrogens with zero attached hydrogens (tertiary/aromatic N) is 1. The van der Waals surface area contributed by atoms with Gasteiger partial charge in [-0.15, -0.1) is 0 Å². The number of carbonyl (C=O) groups is 2. The molecule has 1 aromatic heterocycles. The van der Waals surface area contributed by atoms with Crippen LogP contribution in [0.5, 0.6) is 0 Å². The number of aliphatic carboxylic acids is 1. The van der Waals surface area contributed by atoms with Gasteiger partial charge >= 0.3 is 11.9 Å². The molecule has 3 N–H and O–H groups in total. The Labute approximate surface area is 89.9 Å². The van der Waals surface area contributed by atoms with E-state index in [1.54, 1.807) is 6.92 Å². The molecule has 0 radical (unpaired) electrons. The van der Waals surface area contributed by atoms with Gasteiger partial charge in [-0.3, -0.25) is 9.89 Å². The van der Waals surface area contributed by atoms with Crippen molar-refractivity contribution in [2.45, 2.75) is 19.3 Å². The maximum absolute atomic E-state index is 10.7. The lowest BCUT2D eigenvalue weighted by Gasteiger charge is -2.07. The average molecular weight is 233 g/mol. The fourth-order valence-electron chi connectivity index (χ4n) is 1.31. The summed E-state index contributed by atoms with van der Waals surface area (Å²) in [6.07, 6.45) is -0.195. The van der Waals surface area contributed by atoms with E-state index in [-0.39, 0.29) is 22.8 Å². The van der Waals surface area contributed by atoms with Crippen LogP contribution in [0.15, 0.2) is 0 Å². The van der Waals surface area contributed by atoms with E-state index < -0.39 is 17.9 Å². The highest BCUT2D eigenvalue weighted by molar-refractivity contribution is 6.30. The molecule has 0 spiro atoms. The third-order valence-electron chi connectivity index (χ3n) is 1.93. The van der Waals surface area contributed by atoms with Crippen molar-refractivity contribution in [3.63, 3.8) is 0 Å². The highest BCUT2D eigenvalue weighted by Gasteiger charge is 2.24. The number of carboxylic acids is 2. The predicted molar refractivity (Wildman–Crippen MR) is 51.2 cm³/mol. The van der Waals surface area contributed by atoms with Gasteiger partial charge in [0, 0.05) is 5.56 Å². The van der Waals surface area contributed by atoms with Crippen LogP contribution in [0.25, 0.3) is 0 Å². The van der Waals surface area contributed by atoms with Crippen LogP contribution in [-0.2, 0) is 4.79 Å². The number of halogens is 1. The van der Waals surface area contributed by atoms with Gasteiger partial charge in [-0.05, 0) is 5.92 Å². The van der Waals surface area contributed by atoms with Crippen LogP contribution in [-0.4, -0.2) is 32.3 Å². The van der Waals surface area contributed by atoms with Crippen molar-refractivity contribution < 1.29 is 19.8 Å². The number of H-pyrrole nitrogens is 1. The first-order valence-electron chi connectivity index (χ1n) is 4.12. The van der Waals surface area contributed by atoms with Crippen LogP contribution in [0.2, 0.25) is 5.15 Å². The largest absolute Gasteiger partial charge is 0.481 e. The highest BCUT2D eigenvalue weighted by atomic mass is 35.5. The van der Waals surface area contributed by atoms with Gasteiger partial charge in [0.05, 0.1) is 6.42 Å². The summed E-state index contributed by atoms with van der Waals surface area (Å²) in [6.45, 7) is 1.58. The zero-order valence-electron chi connectivity index (χ0n) is 7.82. The minimum absolute atomic E-state index is 0.0705. The molecule has 6 nitrogen and oxygen atoms in total. The van der Waals surface area contributed by atoms with E-state index in [9.17, 15) is 9.59 Å². The second kappa shape index (κ2) is 4.31.